The predicted octanol–water partition coefficient (Wildman–Crippen LogP) is 16.9. The molecule has 10 aromatic carbocycles. The summed E-state index contributed by atoms with van der Waals surface area (Å²) in [6.07, 6.45) is 0. The number of aromatic nitrogens is 5. The van der Waals surface area contributed by atoms with Crippen LogP contribution in [-0.4, -0.2) is 24.1 Å². The fourth-order valence-corrected chi connectivity index (χ4v) is 12.1. The van der Waals surface area contributed by atoms with E-state index in [0.717, 1.165) is 88.0 Å². The van der Waals surface area contributed by atoms with Crippen molar-refractivity contribution in [2.24, 2.45) is 0 Å². The normalized spacial score (nSPS) is 11.9. The molecule has 0 unspecified atom stereocenters. The Labute approximate surface area is 415 Å². The number of hydrogen-bond acceptors (Lipinski definition) is 6. The fraction of sp³-hybridized carbons (Fsp3) is 0. The van der Waals surface area contributed by atoms with Crippen LogP contribution in [0.5, 0.6) is 0 Å². The molecule has 0 radical (unpaired) electrons. The lowest BCUT2D eigenvalue weighted by Gasteiger charge is -2.14. The molecule has 0 aliphatic heterocycles. The molecule has 0 atom stereocenters. The molecule has 7 nitrogen and oxygen atoms in total. The van der Waals surface area contributed by atoms with Gasteiger partial charge in [-0.15, -0.1) is 11.3 Å². The van der Waals surface area contributed by atoms with Gasteiger partial charge in [0.05, 0.1) is 44.3 Å². The Kier molecular flexibility index (Phi) is 8.76. The molecule has 15 rings (SSSR count). The Morgan fingerprint density at radius 1 is 0.403 bits per heavy atom. The van der Waals surface area contributed by atoms with Crippen molar-refractivity contribution < 1.29 is 4.42 Å². The molecule has 0 N–H and O–H groups in total. The van der Waals surface area contributed by atoms with Gasteiger partial charge in [0.2, 0.25) is 0 Å². The van der Waals surface area contributed by atoms with Crippen molar-refractivity contribution in [1.82, 2.24) is 24.1 Å². The molecule has 0 aliphatic rings. The molecular weight excluding hydrogens is 901 g/mol. The van der Waals surface area contributed by atoms with E-state index in [0.29, 0.717) is 39.8 Å². The third kappa shape index (κ3) is 6.05. The Hall–Kier alpha value is -9.68. The quantitative estimate of drug-likeness (QED) is 0.166. The smallest absolute Gasteiger partial charge is 0.169 e. The maximum Gasteiger partial charge on any atom is 0.169 e. The van der Waals surface area contributed by atoms with Gasteiger partial charge < -0.3 is 13.6 Å². The summed E-state index contributed by atoms with van der Waals surface area (Å²) in [4.78, 5) is 15.3. The summed E-state index contributed by atoms with van der Waals surface area (Å²) in [6.45, 7) is 0. The lowest BCUT2D eigenvalue weighted by atomic mass is 10.00. The SMILES string of the molecule is N#Cc1cc(-n2c3ccc(-c4ccc5sc6ccccc6c5c4)cc3c3cc4c(cc32)c2ccccc2n4-c2ccccc2)c2c(oc3ccccc32)c1-c1nc(-c2ccccc2)nc(-c2ccccc2)n1. The number of fused-ring (bicyclic) bond motifs is 12. The van der Waals surface area contributed by atoms with Crippen LogP contribution < -0.4 is 0 Å². The number of nitrogens with zero attached hydrogens (tertiary/aromatic N) is 6. The zero-order valence-electron chi connectivity index (χ0n) is 38.3. The fourth-order valence-electron chi connectivity index (χ4n) is 11.0. The second-order valence-electron chi connectivity index (χ2n) is 18.2. The van der Waals surface area contributed by atoms with Crippen molar-refractivity contribution in [3.63, 3.8) is 0 Å². The summed E-state index contributed by atoms with van der Waals surface area (Å²) in [7, 11) is 0. The van der Waals surface area contributed by atoms with Crippen molar-refractivity contribution in [3.05, 3.63) is 224 Å². The van der Waals surface area contributed by atoms with Crippen LogP contribution in [0.1, 0.15) is 5.56 Å². The van der Waals surface area contributed by atoms with Crippen molar-refractivity contribution in [1.29, 1.82) is 5.26 Å². The maximum atomic E-state index is 11.4. The van der Waals surface area contributed by atoms with E-state index in [-0.39, 0.29) is 0 Å². The Morgan fingerprint density at radius 3 is 1.68 bits per heavy atom. The van der Waals surface area contributed by atoms with Gasteiger partial charge in [-0.2, -0.15) is 5.26 Å². The van der Waals surface area contributed by atoms with Crippen molar-refractivity contribution in [2.45, 2.75) is 0 Å². The van der Waals surface area contributed by atoms with Gasteiger partial charge in [0, 0.05) is 63.9 Å². The lowest BCUT2D eigenvalue weighted by Crippen LogP contribution is -2.03. The second kappa shape index (κ2) is 15.7. The van der Waals surface area contributed by atoms with E-state index in [1.807, 2.05) is 96.3 Å². The number of benzene rings is 10. The average Bonchev–Trinajstić information content (AvgIpc) is 4.20. The molecule has 0 saturated carbocycles. The zero-order chi connectivity index (χ0) is 47.4. The van der Waals surface area contributed by atoms with Gasteiger partial charge in [0.15, 0.2) is 17.5 Å². The molecule has 0 aliphatic carbocycles. The lowest BCUT2D eigenvalue weighted by molar-refractivity contribution is 0.669. The van der Waals surface area contributed by atoms with Crippen LogP contribution >= 0.6 is 11.3 Å². The molecule has 0 fully saturated rings. The van der Waals surface area contributed by atoms with Crippen LogP contribution in [0.2, 0.25) is 0 Å². The number of para-hydroxylation sites is 3. The molecule has 5 aromatic heterocycles. The van der Waals surface area contributed by atoms with Gasteiger partial charge in [-0.1, -0.05) is 146 Å². The number of rotatable bonds is 6. The zero-order valence-corrected chi connectivity index (χ0v) is 39.1. The van der Waals surface area contributed by atoms with E-state index in [9.17, 15) is 5.26 Å². The van der Waals surface area contributed by atoms with E-state index < -0.39 is 0 Å². The minimum Gasteiger partial charge on any atom is -0.455 e. The molecule has 5 heterocycles. The van der Waals surface area contributed by atoms with Crippen molar-refractivity contribution in [3.8, 4) is 62.7 Å². The van der Waals surface area contributed by atoms with Gasteiger partial charge in [0.1, 0.15) is 17.2 Å². The van der Waals surface area contributed by atoms with E-state index in [4.69, 9.17) is 19.4 Å². The number of hydrogen-bond donors (Lipinski definition) is 0. The third-order valence-corrected chi connectivity index (χ3v) is 15.3. The highest BCUT2D eigenvalue weighted by Crippen LogP contribution is 2.47. The van der Waals surface area contributed by atoms with Gasteiger partial charge in [-0.3, -0.25) is 0 Å². The van der Waals surface area contributed by atoms with E-state index in [1.165, 1.54) is 20.2 Å². The molecule has 15 aromatic rings. The molecular formula is C64H36N6OS. The summed E-state index contributed by atoms with van der Waals surface area (Å²) in [5, 5.41) is 20.2. The summed E-state index contributed by atoms with van der Waals surface area (Å²) < 4.78 is 14.2. The first kappa shape index (κ1) is 40.2. The van der Waals surface area contributed by atoms with Crippen LogP contribution in [0, 0.1) is 11.3 Å². The van der Waals surface area contributed by atoms with E-state index in [2.05, 4.69) is 149 Å². The molecule has 8 heteroatoms. The minimum absolute atomic E-state index is 0.354. The van der Waals surface area contributed by atoms with Gasteiger partial charge in [0.25, 0.3) is 0 Å². The predicted molar refractivity (Wildman–Crippen MR) is 295 cm³/mol. The molecule has 0 amide bonds. The molecule has 0 bridgehead atoms. The van der Waals surface area contributed by atoms with Crippen LogP contribution in [0.25, 0.3) is 142 Å². The number of furan rings is 1. The third-order valence-electron chi connectivity index (χ3n) is 14.2. The van der Waals surface area contributed by atoms with Crippen LogP contribution in [0.15, 0.2) is 223 Å². The average molecular weight is 937 g/mol. The highest BCUT2D eigenvalue weighted by atomic mass is 32.1. The Bertz CT molecular complexity index is 4690. The first-order valence-electron chi connectivity index (χ1n) is 23.9. The minimum atomic E-state index is 0.354. The summed E-state index contributed by atoms with van der Waals surface area (Å²) in [5.41, 5.74) is 12.2. The highest BCUT2D eigenvalue weighted by Gasteiger charge is 2.27. The standard InChI is InChI=1S/C64H36N6OS/c65-37-42-34-55(60-46-24-11-14-26-56(46)71-61(60)59(42)64-67-62(38-16-4-1-5-17-38)66-63(68-64)39-18-6-2-7-19-39)70-52-30-28-40(41-29-31-58-50(33-41)45-23-12-15-27-57(45)72-58)32-47(52)49-36-53-48(35-54(49)70)44-22-10-13-25-51(44)69(53)43-20-8-3-9-21-43/h1-36H. The van der Waals surface area contributed by atoms with E-state index in [1.54, 1.807) is 0 Å². The summed E-state index contributed by atoms with van der Waals surface area (Å²) >= 11 is 1.83. The molecule has 334 valence electrons. The number of nitriles is 1. The van der Waals surface area contributed by atoms with Crippen molar-refractivity contribution in [2.75, 3.05) is 0 Å². The Morgan fingerprint density at radius 2 is 0.944 bits per heavy atom. The molecule has 72 heavy (non-hydrogen) atoms. The molecule has 0 spiro atoms. The Balaban J connectivity index is 1.05. The van der Waals surface area contributed by atoms with Gasteiger partial charge in [-0.25, -0.2) is 15.0 Å². The molecule has 0 saturated heterocycles. The summed E-state index contributed by atoms with van der Waals surface area (Å²) in [5.74, 6) is 1.35. The first-order valence-corrected chi connectivity index (χ1v) is 24.7. The highest BCUT2D eigenvalue weighted by molar-refractivity contribution is 7.25. The number of thiophene rings is 1. The van der Waals surface area contributed by atoms with Crippen LogP contribution in [-0.2, 0) is 0 Å². The van der Waals surface area contributed by atoms with Crippen LogP contribution in [0.4, 0.5) is 0 Å². The second-order valence-corrected chi connectivity index (χ2v) is 19.3. The van der Waals surface area contributed by atoms with Crippen LogP contribution in [0.3, 0.4) is 0 Å². The van der Waals surface area contributed by atoms with Gasteiger partial charge in [-0.05, 0) is 83.9 Å². The largest absolute Gasteiger partial charge is 0.455 e. The topological polar surface area (TPSA) is 85.5 Å². The monoisotopic (exact) mass is 936 g/mol. The maximum absolute atomic E-state index is 11.4. The van der Waals surface area contributed by atoms with Crippen molar-refractivity contribution >= 4 is 97.1 Å². The summed E-state index contributed by atoms with van der Waals surface area (Å²) in [6, 6.07) is 78.8. The first-order chi connectivity index (χ1) is 35.6. The van der Waals surface area contributed by atoms with Gasteiger partial charge >= 0.3 is 0 Å². The van der Waals surface area contributed by atoms with E-state index >= 15 is 0 Å².